The first-order valence-corrected chi connectivity index (χ1v) is 21.6. The van der Waals surface area contributed by atoms with Crippen LogP contribution in [0, 0.1) is 17.2 Å². The summed E-state index contributed by atoms with van der Waals surface area (Å²) in [4.78, 5) is 53.0. The number of ether oxygens (including phenoxy) is 2. The summed E-state index contributed by atoms with van der Waals surface area (Å²) in [5, 5.41) is 8.43. The molecule has 2 aromatic heterocycles. The molecule has 3 N–H and O–H groups in total. The topological polar surface area (TPSA) is 169 Å². The highest BCUT2D eigenvalue weighted by Crippen LogP contribution is 2.46. The van der Waals surface area contributed by atoms with E-state index in [-0.39, 0.29) is 41.7 Å². The van der Waals surface area contributed by atoms with Crippen molar-refractivity contribution in [2.45, 2.75) is 81.6 Å². The number of aromatic nitrogens is 2. The van der Waals surface area contributed by atoms with Crippen LogP contribution in [0.3, 0.4) is 0 Å². The van der Waals surface area contributed by atoms with Crippen LogP contribution >= 0.6 is 22.9 Å². The van der Waals surface area contributed by atoms with Gasteiger partial charge in [-0.15, -0.1) is 17.9 Å². The molecule has 20 heteroatoms. The molecule has 1 saturated heterocycles. The number of alkyl halides is 3. The molecule has 13 nitrogen and oxygen atoms in total. The Morgan fingerprint density at radius 2 is 1.85 bits per heavy atom. The molecule has 3 amide bonds. The zero-order valence-corrected chi connectivity index (χ0v) is 35.1. The van der Waals surface area contributed by atoms with E-state index in [0.29, 0.717) is 40.5 Å². The summed E-state index contributed by atoms with van der Waals surface area (Å²) in [7, 11) is -2.48. The number of likely N-dealkylation sites (tertiary alicyclic amines) is 1. The van der Waals surface area contributed by atoms with E-state index < -0.39 is 85.6 Å². The van der Waals surface area contributed by atoms with Gasteiger partial charge in [-0.2, -0.15) is 13.2 Å². The first-order valence-electron chi connectivity index (χ1n) is 18.8. The third kappa shape index (κ3) is 8.61. The fourth-order valence-electron chi connectivity index (χ4n) is 7.29. The number of carbonyl (C=O) groups is 3. The summed E-state index contributed by atoms with van der Waals surface area (Å²) >= 11 is 7.38. The number of anilines is 1. The van der Waals surface area contributed by atoms with Gasteiger partial charge in [-0.3, -0.25) is 19.1 Å². The quantitative estimate of drug-likeness (QED) is 0.0968. The molecule has 0 bridgehead atoms. The number of benzene rings is 2. The van der Waals surface area contributed by atoms with Gasteiger partial charge < -0.3 is 25.0 Å². The van der Waals surface area contributed by atoms with Gasteiger partial charge in [-0.1, -0.05) is 44.5 Å². The lowest BCUT2D eigenvalue weighted by atomic mass is 9.85. The highest BCUT2D eigenvalue weighted by atomic mass is 35.5. The number of sulfonamides is 1. The molecule has 2 saturated carbocycles. The van der Waals surface area contributed by atoms with E-state index in [9.17, 15) is 40.4 Å². The maximum atomic E-state index is 14.8. The Labute approximate surface area is 351 Å². The Hall–Kier alpha value is -5.01. The van der Waals surface area contributed by atoms with Crippen LogP contribution < -0.4 is 24.8 Å². The second-order valence-corrected chi connectivity index (χ2v) is 19.4. The number of hydrogen-bond donors (Lipinski definition) is 3. The van der Waals surface area contributed by atoms with Crippen LogP contribution in [0.4, 0.5) is 22.7 Å². The number of methoxy groups -OCH3 is 1. The monoisotopic (exact) mass is 892 g/mol. The molecule has 3 fully saturated rings. The zero-order valence-electron chi connectivity index (χ0n) is 32.7. The summed E-state index contributed by atoms with van der Waals surface area (Å²) in [6.07, 6.45) is -1.94. The van der Waals surface area contributed by atoms with Crippen molar-refractivity contribution in [2.24, 2.45) is 11.3 Å². The number of nitrogens with zero attached hydrogens (tertiary/aromatic N) is 3. The van der Waals surface area contributed by atoms with E-state index >= 15 is 0 Å². The number of thiazole rings is 1. The number of hydrogen-bond acceptors (Lipinski definition) is 11. The van der Waals surface area contributed by atoms with Crippen molar-refractivity contribution in [1.82, 2.24) is 24.9 Å². The summed E-state index contributed by atoms with van der Waals surface area (Å²) in [6, 6.07) is 5.22. The van der Waals surface area contributed by atoms with Gasteiger partial charge >= 0.3 is 6.18 Å². The van der Waals surface area contributed by atoms with E-state index in [0.717, 1.165) is 23.5 Å². The van der Waals surface area contributed by atoms with Crippen molar-refractivity contribution >= 4 is 66.6 Å². The first-order chi connectivity index (χ1) is 28.1. The minimum Gasteiger partial charge on any atom is -0.494 e. The molecule has 0 unspecified atom stereocenters. The zero-order chi connectivity index (χ0) is 43.5. The molecule has 320 valence electrons. The van der Waals surface area contributed by atoms with Crippen LogP contribution in [0.15, 0.2) is 60.6 Å². The van der Waals surface area contributed by atoms with Crippen LogP contribution in [-0.2, 0) is 30.6 Å². The second-order valence-electron chi connectivity index (χ2n) is 16.2. The maximum absolute atomic E-state index is 14.8. The van der Waals surface area contributed by atoms with Crippen molar-refractivity contribution in [3.63, 3.8) is 0 Å². The Morgan fingerprint density at radius 3 is 2.47 bits per heavy atom. The van der Waals surface area contributed by atoms with E-state index in [4.69, 9.17) is 21.1 Å². The van der Waals surface area contributed by atoms with Gasteiger partial charge in [0.2, 0.25) is 27.7 Å². The number of amides is 3. The molecule has 0 radical (unpaired) electrons. The Bertz CT molecular complexity index is 2490. The van der Waals surface area contributed by atoms with Crippen LogP contribution in [-0.4, -0.2) is 83.6 Å². The molecule has 3 aliphatic rings. The molecular formula is C40H41ClF4N6O7S2. The predicted molar refractivity (Wildman–Crippen MR) is 216 cm³/mol. The number of pyridine rings is 1. The molecule has 60 heavy (non-hydrogen) atoms. The van der Waals surface area contributed by atoms with Crippen molar-refractivity contribution in [2.75, 3.05) is 19.0 Å². The minimum atomic E-state index is -4.88. The molecule has 1 aliphatic heterocycles. The van der Waals surface area contributed by atoms with E-state index in [2.05, 4.69) is 31.9 Å². The molecule has 5 atom stereocenters. The largest absolute Gasteiger partial charge is 0.494 e. The molecule has 2 aliphatic carbocycles. The van der Waals surface area contributed by atoms with Gasteiger partial charge in [0.1, 0.15) is 35.3 Å². The van der Waals surface area contributed by atoms with Gasteiger partial charge in [0.05, 0.1) is 36.4 Å². The summed E-state index contributed by atoms with van der Waals surface area (Å²) in [6.45, 7) is 8.95. The molecule has 0 spiro atoms. The van der Waals surface area contributed by atoms with E-state index in [1.807, 2.05) is 0 Å². The number of carbonyl (C=O) groups excluding carboxylic acids is 3. The third-order valence-electron chi connectivity index (χ3n) is 10.8. The highest BCUT2D eigenvalue weighted by Gasteiger charge is 2.62. The minimum absolute atomic E-state index is 0.0675. The Morgan fingerprint density at radius 1 is 1.12 bits per heavy atom. The Kier molecular flexibility index (Phi) is 11.3. The smallest absolute Gasteiger partial charge is 0.419 e. The van der Waals surface area contributed by atoms with Crippen molar-refractivity contribution < 1.29 is 49.8 Å². The summed E-state index contributed by atoms with van der Waals surface area (Å²) in [5.74, 6) is -3.64. The number of nitrogens with one attached hydrogen (secondary N) is 3. The van der Waals surface area contributed by atoms with Gasteiger partial charge in [0, 0.05) is 39.1 Å². The molecule has 4 aromatic rings. The number of fused-ring (bicyclic) bond motifs is 1. The van der Waals surface area contributed by atoms with Crippen LogP contribution in [0.25, 0.3) is 22.0 Å². The molecular weight excluding hydrogens is 852 g/mol. The molecule has 2 aromatic carbocycles. The first kappa shape index (κ1) is 43.1. The van der Waals surface area contributed by atoms with Crippen LogP contribution in [0.2, 0.25) is 5.02 Å². The van der Waals surface area contributed by atoms with Gasteiger partial charge in [0.15, 0.2) is 5.13 Å². The number of rotatable bonds is 13. The maximum Gasteiger partial charge on any atom is 0.419 e. The van der Waals surface area contributed by atoms with Crippen molar-refractivity contribution in [1.29, 1.82) is 0 Å². The van der Waals surface area contributed by atoms with Crippen molar-refractivity contribution in [3.8, 4) is 22.9 Å². The second kappa shape index (κ2) is 15.8. The predicted octanol–water partition coefficient (Wildman–Crippen LogP) is 6.72. The summed E-state index contributed by atoms with van der Waals surface area (Å²) in [5.41, 5.74) is -3.65. The fourth-order valence-corrected chi connectivity index (χ4v) is 9.57. The fraction of sp³-hybridized carbons (Fsp3) is 0.425. The summed E-state index contributed by atoms with van der Waals surface area (Å²) < 4.78 is 93.6. The van der Waals surface area contributed by atoms with Gasteiger partial charge in [-0.05, 0) is 55.0 Å². The normalized spacial score (nSPS) is 22.2. The van der Waals surface area contributed by atoms with E-state index in [1.165, 1.54) is 29.7 Å². The standard InChI is InChI=1S/C40H41ClF4N6O7S2/c1-6-21-16-39(21,36(54)50-60(55,56)24-9-10-24)49-33(52)30-15-23(58-34-26-14-22(41)8-11-25(26)31(57-5)17-46-34)18-51(30)35(53)32(38(2,3)4)48-37-47-29(19-59-37)20-7-12-27(28(42)13-20)40(43,44)45/h6-8,11-14,17,19,21,23-24,30,32H,1,9-10,15-16,18H2,2-5H3,(H,47,48)(H,49,52)(H,50,54)/t21-,23-,30+,32-,39-/m1/s1. The van der Waals surface area contributed by atoms with Crippen molar-refractivity contribution in [3.05, 3.63) is 77.0 Å². The van der Waals surface area contributed by atoms with Gasteiger partial charge in [-0.25, -0.2) is 22.8 Å². The highest BCUT2D eigenvalue weighted by molar-refractivity contribution is 7.91. The number of halogens is 5. The molecule has 7 rings (SSSR count). The SMILES string of the molecule is C=C[C@@H]1C[C@]1(NC(=O)[C@@H]1C[C@@H](Oc2ncc(OC)c3ccc(Cl)cc23)CN1C(=O)[C@@H](Nc1nc(-c2ccc(C(F)(F)F)c(F)c2)cs1)C(C)(C)C)C(=O)NS(=O)(=O)C1CC1. The van der Waals surface area contributed by atoms with E-state index in [1.54, 1.807) is 39.0 Å². The Balaban J connectivity index is 1.19. The van der Waals surface area contributed by atoms with Gasteiger partial charge in [0.25, 0.3) is 5.91 Å². The third-order valence-corrected chi connectivity index (χ3v) is 13.7. The van der Waals surface area contributed by atoms with Crippen LogP contribution in [0.5, 0.6) is 11.6 Å². The average molecular weight is 893 g/mol. The lowest BCUT2D eigenvalue weighted by molar-refractivity contribution is -0.141. The van der Waals surface area contributed by atoms with Crippen LogP contribution in [0.1, 0.15) is 52.0 Å². The average Bonchev–Trinajstić information content (AvgIpc) is 4.06. The lowest BCUT2D eigenvalue weighted by Gasteiger charge is -2.35. The lowest BCUT2D eigenvalue weighted by Crippen LogP contribution is -2.58. The molecule has 3 heterocycles.